The van der Waals surface area contributed by atoms with Crippen LogP contribution in [0, 0.1) is 10.1 Å². The third-order valence-electron chi connectivity index (χ3n) is 2.06. The molecular weight excluding hydrogens is 271 g/mol. The predicted octanol–water partition coefficient (Wildman–Crippen LogP) is 2.62. The first-order chi connectivity index (χ1) is 8.72. The van der Waals surface area contributed by atoms with Crippen molar-refractivity contribution in [3.63, 3.8) is 0 Å². The van der Waals surface area contributed by atoms with Crippen LogP contribution in [0.5, 0.6) is 5.75 Å². The molecule has 0 saturated carbocycles. The Labute approximate surface area is 104 Å². The highest BCUT2D eigenvalue weighted by molar-refractivity contribution is 5.95. The Morgan fingerprint density at radius 2 is 2.05 bits per heavy atom. The molecule has 0 fully saturated rings. The normalized spacial score (nSPS) is 11.1. The highest BCUT2D eigenvalue weighted by Crippen LogP contribution is 2.29. The molecule has 0 aliphatic rings. The van der Waals surface area contributed by atoms with E-state index in [0.29, 0.717) is 0 Å². The van der Waals surface area contributed by atoms with Crippen molar-refractivity contribution in [3.05, 3.63) is 33.9 Å². The second-order valence-corrected chi connectivity index (χ2v) is 3.43. The van der Waals surface area contributed by atoms with Crippen molar-refractivity contribution < 1.29 is 32.7 Å². The van der Waals surface area contributed by atoms with E-state index in [2.05, 4.69) is 4.74 Å². The van der Waals surface area contributed by atoms with E-state index in [0.717, 1.165) is 18.2 Å². The van der Waals surface area contributed by atoms with Crippen molar-refractivity contribution in [2.75, 3.05) is 6.61 Å². The number of carbonyl (C=O) groups is 1. The zero-order valence-electron chi connectivity index (χ0n) is 9.31. The lowest BCUT2D eigenvalue weighted by Gasteiger charge is -2.10. The number of carboxylic acids is 1. The molecule has 0 heterocycles. The number of benzene rings is 1. The number of carboxylic acid groups (broad SMARTS) is 1. The van der Waals surface area contributed by atoms with Crippen LogP contribution in [-0.4, -0.2) is 28.8 Å². The fraction of sp³-hybridized carbons (Fsp3) is 0.300. The Morgan fingerprint density at radius 1 is 1.42 bits per heavy atom. The number of aromatic carboxylic acids is 1. The van der Waals surface area contributed by atoms with Gasteiger partial charge in [0.25, 0.3) is 5.69 Å². The van der Waals surface area contributed by atoms with Gasteiger partial charge in [0.15, 0.2) is 5.56 Å². The largest absolute Gasteiger partial charge is 0.492 e. The molecule has 0 aliphatic carbocycles. The average Bonchev–Trinajstić information content (AvgIpc) is 2.26. The second kappa shape index (κ2) is 5.55. The number of alkyl halides is 3. The Morgan fingerprint density at radius 3 is 2.53 bits per heavy atom. The molecule has 6 nitrogen and oxygen atoms in total. The number of nitro groups is 1. The van der Waals surface area contributed by atoms with Crippen molar-refractivity contribution in [3.8, 4) is 5.75 Å². The molecule has 1 rings (SSSR count). The Kier molecular flexibility index (Phi) is 4.30. The summed E-state index contributed by atoms with van der Waals surface area (Å²) in [6.45, 7) is -0.815. The van der Waals surface area contributed by atoms with Crippen LogP contribution in [-0.2, 0) is 0 Å². The summed E-state index contributed by atoms with van der Waals surface area (Å²) in [5.41, 5.74) is -1.51. The Hall–Kier alpha value is -2.32. The average molecular weight is 279 g/mol. The van der Waals surface area contributed by atoms with E-state index in [-0.39, 0.29) is 0 Å². The van der Waals surface area contributed by atoms with Crippen LogP contribution < -0.4 is 4.74 Å². The van der Waals surface area contributed by atoms with Crippen molar-refractivity contribution in [2.45, 2.75) is 12.6 Å². The molecule has 0 amide bonds. The van der Waals surface area contributed by atoms with Gasteiger partial charge in [-0.15, -0.1) is 0 Å². The third-order valence-corrected chi connectivity index (χ3v) is 2.06. The maximum absolute atomic E-state index is 11.9. The first kappa shape index (κ1) is 14.7. The third kappa shape index (κ3) is 4.12. The Bertz CT molecular complexity index is 500. The summed E-state index contributed by atoms with van der Waals surface area (Å²) < 4.78 is 40.4. The zero-order chi connectivity index (χ0) is 14.6. The fourth-order valence-corrected chi connectivity index (χ4v) is 1.28. The van der Waals surface area contributed by atoms with Gasteiger partial charge in [0.1, 0.15) is 5.75 Å². The number of ether oxygens (including phenoxy) is 1. The first-order valence-electron chi connectivity index (χ1n) is 4.92. The first-order valence-corrected chi connectivity index (χ1v) is 4.92. The van der Waals surface area contributed by atoms with Crippen LogP contribution in [0.25, 0.3) is 0 Å². The maximum Gasteiger partial charge on any atom is 0.392 e. The zero-order valence-corrected chi connectivity index (χ0v) is 9.31. The van der Waals surface area contributed by atoms with Gasteiger partial charge < -0.3 is 9.84 Å². The molecule has 19 heavy (non-hydrogen) atoms. The summed E-state index contributed by atoms with van der Waals surface area (Å²) in [5.74, 6) is -2.11. The lowest BCUT2D eigenvalue weighted by Crippen LogP contribution is -2.14. The monoisotopic (exact) mass is 279 g/mol. The molecule has 0 atom stereocenters. The summed E-state index contributed by atoms with van der Waals surface area (Å²) in [4.78, 5) is 20.6. The minimum Gasteiger partial charge on any atom is -0.492 e. The van der Waals surface area contributed by atoms with Crippen molar-refractivity contribution in [2.24, 2.45) is 0 Å². The number of halogens is 3. The number of rotatable bonds is 5. The smallest absolute Gasteiger partial charge is 0.392 e. The maximum atomic E-state index is 11.9. The van der Waals surface area contributed by atoms with E-state index in [9.17, 15) is 28.1 Å². The van der Waals surface area contributed by atoms with Gasteiger partial charge in [-0.25, -0.2) is 4.79 Å². The van der Waals surface area contributed by atoms with Gasteiger partial charge in [0, 0.05) is 6.07 Å². The molecule has 0 bridgehead atoms. The molecule has 104 valence electrons. The molecule has 0 spiro atoms. The van der Waals surface area contributed by atoms with Gasteiger partial charge in [-0.05, 0) is 6.07 Å². The molecule has 9 heteroatoms. The number of nitrogens with zero attached hydrogens (tertiary/aromatic N) is 1. The fourth-order valence-electron chi connectivity index (χ4n) is 1.28. The summed E-state index contributed by atoms with van der Waals surface area (Å²) in [5, 5.41) is 19.5. The van der Waals surface area contributed by atoms with Crippen molar-refractivity contribution >= 4 is 11.7 Å². The summed E-state index contributed by atoms with van der Waals surface area (Å²) >= 11 is 0. The molecule has 0 aromatic heterocycles. The van der Waals surface area contributed by atoms with E-state index < -0.39 is 47.1 Å². The van der Waals surface area contributed by atoms with Gasteiger partial charge in [-0.2, -0.15) is 13.2 Å². The molecule has 0 radical (unpaired) electrons. The number of hydrogen-bond acceptors (Lipinski definition) is 4. The van der Waals surface area contributed by atoms with Gasteiger partial charge in [0.05, 0.1) is 18.0 Å². The molecule has 1 N–H and O–H groups in total. The van der Waals surface area contributed by atoms with Crippen LogP contribution in [0.1, 0.15) is 16.8 Å². The summed E-state index contributed by atoms with van der Waals surface area (Å²) in [7, 11) is 0. The standard InChI is InChI=1S/C10H8F3NO5/c11-10(12,13)4-5-19-7-3-1-2-6(14(17)18)8(7)9(15)16/h1-3H,4-5H2,(H,15,16). The lowest BCUT2D eigenvalue weighted by molar-refractivity contribution is -0.385. The molecule has 1 aromatic carbocycles. The number of hydrogen-bond donors (Lipinski definition) is 1. The molecule has 0 aliphatic heterocycles. The highest BCUT2D eigenvalue weighted by atomic mass is 19.4. The minimum absolute atomic E-state index is 0.467. The SMILES string of the molecule is O=C(O)c1c(OCCC(F)(F)F)cccc1[N+](=O)[O-]. The lowest BCUT2D eigenvalue weighted by atomic mass is 10.1. The van der Waals surface area contributed by atoms with Crippen molar-refractivity contribution in [1.82, 2.24) is 0 Å². The Balaban J connectivity index is 2.98. The van der Waals surface area contributed by atoms with Crippen LogP contribution in [0.15, 0.2) is 18.2 Å². The summed E-state index contributed by atoms with van der Waals surface area (Å²) in [6, 6.07) is 3.13. The highest BCUT2D eigenvalue weighted by Gasteiger charge is 2.28. The van der Waals surface area contributed by atoms with Gasteiger partial charge in [-0.3, -0.25) is 10.1 Å². The van der Waals surface area contributed by atoms with E-state index in [4.69, 9.17) is 5.11 Å². The van der Waals surface area contributed by atoms with Crippen LogP contribution in [0.3, 0.4) is 0 Å². The van der Waals surface area contributed by atoms with Gasteiger partial charge in [-0.1, -0.05) is 6.07 Å². The van der Waals surface area contributed by atoms with Crippen molar-refractivity contribution in [1.29, 1.82) is 0 Å². The second-order valence-electron chi connectivity index (χ2n) is 3.43. The van der Waals surface area contributed by atoms with Gasteiger partial charge in [0.2, 0.25) is 0 Å². The number of nitro benzene ring substituents is 1. The molecule has 0 unspecified atom stereocenters. The quantitative estimate of drug-likeness (QED) is 0.661. The van der Waals surface area contributed by atoms with Crippen LogP contribution >= 0.6 is 0 Å². The van der Waals surface area contributed by atoms with E-state index in [1.165, 1.54) is 0 Å². The van der Waals surface area contributed by atoms with Gasteiger partial charge >= 0.3 is 12.1 Å². The topological polar surface area (TPSA) is 89.7 Å². The van der Waals surface area contributed by atoms with Crippen LogP contribution in [0.4, 0.5) is 18.9 Å². The van der Waals surface area contributed by atoms with E-state index >= 15 is 0 Å². The van der Waals surface area contributed by atoms with Crippen LogP contribution in [0.2, 0.25) is 0 Å². The molecule has 1 aromatic rings. The van der Waals surface area contributed by atoms with E-state index in [1.54, 1.807) is 0 Å². The molecule has 0 saturated heterocycles. The molecular formula is C10H8F3NO5. The minimum atomic E-state index is -4.45. The van der Waals surface area contributed by atoms with E-state index in [1.807, 2.05) is 0 Å². The predicted molar refractivity (Wildman–Crippen MR) is 56.2 cm³/mol. The summed E-state index contributed by atoms with van der Waals surface area (Å²) in [6.07, 6.45) is -5.74.